The Hall–Kier alpha value is -3.75. The van der Waals surface area contributed by atoms with E-state index in [2.05, 4.69) is 67.3 Å². The van der Waals surface area contributed by atoms with Gasteiger partial charge in [0.2, 0.25) is 0 Å². The van der Waals surface area contributed by atoms with Gasteiger partial charge in [0.15, 0.2) is 0 Å². The van der Waals surface area contributed by atoms with E-state index in [0.29, 0.717) is 6.04 Å². The number of anilines is 1. The van der Waals surface area contributed by atoms with Gasteiger partial charge >= 0.3 is 0 Å². The maximum atomic E-state index is 5.46. The zero-order valence-corrected chi connectivity index (χ0v) is 20.2. The lowest BCUT2D eigenvalue weighted by Crippen LogP contribution is -2.36. The standard InChI is InChI=1S/C28H29N7O/c1-2-22(16-29-7-1)35-18-33-25-5-3-19(13-26(25)35)24-17-32-28-23(24)12-21(15-31-28)20-4-6-27(30-14-20)34-8-10-36-11-9-34/h3-6,12-15,17-18,22,29H,1-2,7-11,16H2,(H,31,32). The van der Waals surface area contributed by atoms with Crippen molar-refractivity contribution in [3.8, 4) is 22.3 Å². The van der Waals surface area contributed by atoms with Gasteiger partial charge in [0.1, 0.15) is 11.5 Å². The number of hydrogen-bond donors (Lipinski definition) is 2. The van der Waals surface area contributed by atoms with Crippen LogP contribution < -0.4 is 10.2 Å². The van der Waals surface area contributed by atoms with Crippen LogP contribution in [0.4, 0.5) is 5.82 Å². The first-order valence-corrected chi connectivity index (χ1v) is 12.8. The lowest BCUT2D eigenvalue weighted by Gasteiger charge is -2.27. The largest absolute Gasteiger partial charge is 0.378 e. The third-order valence-corrected chi connectivity index (χ3v) is 7.50. The van der Waals surface area contributed by atoms with Gasteiger partial charge in [-0.1, -0.05) is 6.07 Å². The SMILES string of the molecule is c1cc(N2CCOCC2)ncc1-c1cnc2[nH]cc(-c3ccc4ncn(C5CCCNC5)c4c3)c2c1. The molecule has 4 aromatic heterocycles. The minimum atomic E-state index is 0.447. The van der Waals surface area contributed by atoms with E-state index in [1.54, 1.807) is 0 Å². The summed E-state index contributed by atoms with van der Waals surface area (Å²) in [4.78, 5) is 19.8. The van der Waals surface area contributed by atoms with Crippen molar-refractivity contribution >= 4 is 27.9 Å². The molecule has 0 bridgehead atoms. The van der Waals surface area contributed by atoms with Crippen molar-refractivity contribution in [1.82, 2.24) is 29.8 Å². The van der Waals surface area contributed by atoms with Crippen molar-refractivity contribution in [1.29, 1.82) is 0 Å². The molecule has 2 aliphatic heterocycles. The molecular formula is C28H29N7O. The van der Waals surface area contributed by atoms with E-state index in [4.69, 9.17) is 14.7 Å². The Morgan fingerprint density at radius 3 is 2.64 bits per heavy atom. The minimum absolute atomic E-state index is 0.447. The van der Waals surface area contributed by atoms with Crippen LogP contribution in [0, 0.1) is 0 Å². The molecule has 6 heterocycles. The van der Waals surface area contributed by atoms with Crippen LogP contribution >= 0.6 is 0 Å². The summed E-state index contributed by atoms with van der Waals surface area (Å²) in [6, 6.07) is 13.4. The first-order valence-electron chi connectivity index (χ1n) is 12.8. The molecule has 1 aromatic carbocycles. The highest BCUT2D eigenvalue weighted by Gasteiger charge is 2.18. The van der Waals surface area contributed by atoms with E-state index in [0.717, 1.165) is 78.5 Å². The van der Waals surface area contributed by atoms with Crippen molar-refractivity contribution in [2.24, 2.45) is 0 Å². The quantitative estimate of drug-likeness (QED) is 0.398. The molecule has 1 unspecified atom stereocenters. The zero-order chi connectivity index (χ0) is 23.9. The average Bonchev–Trinajstić information content (AvgIpc) is 3.58. The maximum absolute atomic E-state index is 5.46. The number of piperidine rings is 1. The Kier molecular flexibility index (Phi) is 5.40. The summed E-state index contributed by atoms with van der Waals surface area (Å²) in [5.74, 6) is 0.997. The Labute approximate surface area is 209 Å². The van der Waals surface area contributed by atoms with Crippen LogP contribution in [0.25, 0.3) is 44.3 Å². The third kappa shape index (κ3) is 3.83. The van der Waals surface area contributed by atoms with E-state index in [9.17, 15) is 0 Å². The number of fused-ring (bicyclic) bond motifs is 2. The number of morpholine rings is 1. The molecule has 0 saturated carbocycles. The van der Waals surface area contributed by atoms with Crippen LogP contribution in [-0.4, -0.2) is 63.9 Å². The van der Waals surface area contributed by atoms with Crippen molar-refractivity contribution < 1.29 is 4.74 Å². The van der Waals surface area contributed by atoms with Gasteiger partial charge in [-0.3, -0.25) is 0 Å². The lowest BCUT2D eigenvalue weighted by molar-refractivity contribution is 0.122. The van der Waals surface area contributed by atoms with E-state index in [-0.39, 0.29) is 0 Å². The molecule has 5 aromatic rings. The van der Waals surface area contributed by atoms with E-state index in [1.807, 2.05) is 18.7 Å². The number of rotatable bonds is 4. The molecule has 8 heteroatoms. The highest BCUT2D eigenvalue weighted by atomic mass is 16.5. The smallest absolute Gasteiger partial charge is 0.137 e. The molecule has 2 fully saturated rings. The van der Waals surface area contributed by atoms with Crippen molar-refractivity contribution in [2.75, 3.05) is 44.3 Å². The number of pyridine rings is 2. The molecule has 8 nitrogen and oxygen atoms in total. The molecule has 182 valence electrons. The number of aromatic amines is 1. The van der Waals surface area contributed by atoms with Crippen molar-refractivity contribution in [3.05, 3.63) is 61.3 Å². The number of imidazole rings is 1. The van der Waals surface area contributed by atoms with Gasteiger partial charge < -0.3 is 24.5 Å². The minimum Gasteiger partial charge on any atom is -0.378 e. The van der Waals surface area contributed by atoms with Gasteiger partial charge in [0.05, 0.1) is 30.6 Å². The average molecular weight is 480 g/mol. The second-order valence-electron chi connectivity index (χ2n) is 9.68. The molecule has 1 atom stereocenters. The number of H-pyrrole nitrogens is 1. The number of benzene rings is 1. The molecule has 2 aliphatic rings. The summed E-state index contributed by atoms with van der Waals surface area (Å²) in [6.07, 6.45) is 10.3. The Balaban J connectivity index is 1.23. The summed E-state index contributed by atoms with van der Waals surface area (Å²) < 4.78 is 7.80. The van der Waals surface area contributed by atoms with Crippen LogP contribution in [0.15, 0.2) is 61.3 Å². The fraction of sp³-hybridized carbons (Fsp3) is 0.321. The highest BCUT2D eigenvalue weighted by molar-refractivity contribution is 5.97. The van der Waals surface area contributed by atoms with Crippen LogP contribution in [0.1, 0.15) is 18.9 Å². The first kappa shape index (κ1) is 21.5. The summed E-state index contributed by atoms with van der Waals surface area (Å²) >= 11 is 0. The molecule has 0 radical (unpaired) electrons. The molecule has 0 spiro atoms. The van der Waals surface area contributed by atoms with Crippen LogP contribution in [0.5, 0.6) is 0 Å². The van der Waals surface area contributed by atoms with Gasteiger partial charge in [-0.25, -0.2) is 15.0 Å². The number of hydrogen-bond acceptors (Lipinski definition) is 6. The van der Waals surface area contributed by atoms with Crippen LogP contribution in [-0.2, 0) is 4.74 Å². The van der Waals surface area contributed by atoms with Gasteiger partial charge in [0.25, 0.3) is 0 Å². The molecule has 0 aliphatic carbocycles. The highest BCUT2D eigenvalue weighted by Crippen LogP contribution is 2.33. The summed E-state index contributed by atoms with van der Waals surface area (Å²) in [5.41, 5.74) is 7.54. The normalized spacial score (nSPS) is 18.8. The molecular weight excluding hydrogens is 450 g/mol. The van der Waals surface area contributed by atoms with Crippen LogP contribution in [0.3, 0.4) is 0 Å². The second-order valence-corrected chi connectivity index (χ2v) is 9.68. The van der Waals surface area contributed by atoms with Crippen molar-refractivity contribution in [2.45, 2.75) is 18.9 Å². The predicted octanol–water partition coefficient (Wildman–Crippen LogP) is 4.40. The zero-order valence-electron chi connectivity index (χ0n) is 20.2. The second kappa shape index (κ2) is 9.04. The fourth-order valence-corrected chi connectivity index (χ4v) is 5.49. The summed E-state index contributed by atoms with van der Waals surface area (Å²) in [5, 5.41) is 4.63. The number of nitrogens with zero attached hydrogens (tertiary/aromatic N) is 5. The van der Waals surface area contributed by atoms with Gasteiger partial charge in [0, 0.05) is 66.3 Å². The lowest BCUT2D eigenvalue weighted by atomic mass is 10.0. The topological polar surface area (TPSA) is 83.9 Å². The Morgan fingerprint density at radius 2 is 1.81 bits per heavy atom. The fourth-order valence-electron chi connectivity index (χ4n) is 5.49. The molecule has 2 N–H and O–H groups in total. The van der Waals surface area contributed by atoms with Crippen molar-refractivity contribution in [3.63, 3.8) is 0 Å². The molecule has 7 rings (SSSR count). The first-order chi connectivity index (χ1) is 17.8. The van der Waals surface area contributed by atoms with Gasteiger partial charge in [-0.2, -0.15) is 0 Å². The summed E-state index contributed by atoms with van der Waals surface area (Å²) in [7, 11) is 0. The number of nitrogens with one attached hydrogen (secondary N) is 2. The predicted molar refractivity (Wildman–Crippen MR) is 142 cm³/mol. The monoisotopic (exact) mass is 479 g/mol. The third-order valence-electron chi connectivity index (χ3n) is 7.50. The number of aromatic nitrogens is 5. The maximum Gasteiger partial charge on any atom is 0.137 e. The van der Waals surface area contributed by atoms with E-state index in [1.165, 1.54) is 23.9 Å². The van der Waals surface area contributed by atoms with E-state index < -0.39 is 0 Å². The molecule has 0 amide bonds. The molecule has 36 heavy (non-hydrogen) atoms. The Morgan fingerprint density at radius 1 is 0.917 bits per heavy atom. The van der Waals surface area contributed by atoms with Crippen LogP contribution in [0.2, 0.25) is 0 Å². The molecule has 2 saturated heterocycles. The van der Waals surface area contributed by atoms with Gasteiger partial charge in [-0.15, -0.1) is 0 Å². The Bertz CT molecular complexity index is 1510. The van der Waals surface area contributed by atoms with Gasteiger partial charge in [-0.05, 0) is 55.3 Å². The number of ether oxygens (including phenoxy) is 1. The van der Waals surface area contributed by atoms with E-state index >= 15 is 0 Å². The summed E-state index contributed by atoms with van der Waals surface area (Å²) in [6.45, 7) is 5.37.